The van der Waals surface area contributed by atoms with Crippen LogP contribution >= 0.6 is 0 Å². The summed E-state index contributed by atoms with van der Waals surface area (Å²) in [6.45, 7) is 4.48. The number of nitrogens with zero attached hydrogens (tertiary/aromatic N) is 2. The topological polar surface area (TPSA) is 69.7 Å². The van der Waals surface area contributed by atoms with Crippen LogP contribution in [0, 0.1) is 6.92 Å². The molecule has 2 aliphatic heterocycles. The van der Waals surface area contributed by atoms with Crippen LogP contribution in [-0.4, -0.2) is 55.9 Å². The Hall–Kier alpha value is -1.60. The SMILES string of the molecule is Cc1ccc(S(=O)(=O)N2CCC(NC(=O)N3CCCC3)CC2)cc1. The maximum atomic E-state index is 12.7. The molecule has 1 aromatic carbocycles. The number of carbonyl (C=O) groups excluding carboxylic acids is 1. The van der Waals surface area contributed by atoms with Crippen molar-refractivity contribution < 1.29 is 13.2 Å². The van der Waals surface area contributed by atoms with Crippen LogP contribution in [0.15, 0.2) is 29.2 Å². The molecule has 2 aliphatic rings. The van der Waals surface area contributed by atoms with E-state index >= 15 is 0 Å². The molecule has 2 saturated heterocycles. The van der Waals surface area contributed by atoms with Gasteiger partial charge in [0.25, 0.3) is 0 Å². The van der Waals surface area contributed by atoms with E-state index in [0.29, 0.717) is 30.8 Å². The second kappa shape index (κ2) is 7.11. The molecule has 2 amide bonds. The second-order valence-electron chi connectivity index (χ2n) is 6.64. The fourth-order valence-electron chi connectivity index (χ4n) is 3.29. The lowest BCUT2D eigenvalue weighted by Crippen LogP contribution is -2.49. The summed E-state index contributed by atoms with van der Waals surface area (Å²) in [7, 11) is -3.44. The van der Waals surface area contributed by atoms with E-state index in [0.717, 1.165) is 31.5 Å². The van der Waals surface area contributed by atoms with Gasteiger partial charge in [0.2, 0.25) is 10.0 Å². The zero-order chi connectivity index (χ0) is 17.2. The van der Waals surface area contributed by atoms with Gasteiger partial charge in [-0.2, -0.15) is 4.31 Å². The molecule has 0 aromatic heterocycles. The van der Waals surface area contributed by atoms with Crippen LogP contribution in [0.2, 0.25) is 0 Å². The molecule has 6 nitrogen and oxygen atoms in total. The summed E-state index contributed by atoms with van der Waals surface area (Å²) in [5, 5.41) is 3.05. The summed E-state index contributed by atoms with van der Waals surface area (Å²) < 4.78 is 26.9. The standard InChI is InChI=1S/C17H25N3O3S/c1-14-4-6-16(7-5-14)24(22,23)20-12-8-15(9-13-20)18-17(21)19-10-2-3-11-19/h4-7,15H,2-3,8-13H2,1H3,(H,18,21). The van der Waals surface area contributed by atoms with Gasteiger partial charge in [-0.05, 0) is 44.7 Å². The number of amides is 2. The summed E-state index contributed by atoms with van der Waals surface area (Å²) in [5.41, 5.74) is 1.04. The number of piperidine rings is 1. The number of benzene rings is 1. The minimum Gasteiger partial charge on any atom is -0.335 e. The number of hydrogen-bond donors (Lipinski definition) is 1. The maximum Gasteiger partial charge on any atom is 0.317 e. The Balaban J connectivity index is 1.56. The first-order valence-electron chi connectivity index (χ1n) is 8.59. The maximum absolute atomic E-state index is 12.7. The number of nitrogens with one attached hydrogen (secondary N) is 1. The van der Waals surface area contributed by atoms with Crippen molar-refractivity contribution >= 4 is 16.1 Å². The Morgan fingerprint density at radius 3 is 2.21 bits per heavy atom. The summed E-state index contributed by atoms with van der Waals surface area (Å²) >= 11 is 0. The van der Waals surface area contributed by atoms with E-state index in [9.17, 15) is 13.2 Å². The Labute approximate surface area is 143 Å². The van der Waals surface area contributed by atoms with Crippen molar-refractivity contribution in [2.75, 3.05) is 26.2 Å². The molecular formula is C17H25N3O3S. The van der Waals surface area contributed by atoms with Gasteiger partial charge in [0.15, 0.2) is 0 Å². The molecule has 0 atom stereocenters. The molecule has 3 rings (SSSR count). The molecule has 0 saturated carbocycles. The number of carbonyl (C=O) groups is 1. The van der Waals surface area contributed by atoms with Crippen molar-refractivity contribution in [3.63, 3.8) is 0 Å². The van der Waals surface area contributed by atoms with Crippen molar-refractivity contribution in [1.82, 2.24) is 14.5 Å². The van der Waals surface area contributed by atoms with E-state index in [1.54, 1.807) is 12.1 Å². The van der Waals surface area contributed by atoms with E-state index in [4.69, 9.17) is 0 Å². The summed E-state index contributed by atoms with van der Waals surface area (Å²) in [6.07, 6.45) is 3.46. The minimum absolute atomic E-state index is 0.00709. The van der Waals surface area contributed by atoms with Gasteiger partial charge in [-0.25, -0.2) is 13.2 Å². The van der Waals surface area contributed by atoms with Crippen LogP contribution < -0.4 is 5.32 Å². The number of hydrogen-bond acceptors (Lipinski definition) is 3. The minimum atomic E-state index is -3.44. The third kappa shape index (κ3) is 3.72. The van der Waals surface area contributed by atoms with E-state index in [1.165, 1.54) is 4.31 Å². The predicted molar refractivity (Wildman–Crippen MR) is 92.3 cm³/mol. The van der Waals surface area contributed by atoms with Gasteiger partial charge in [-0.3, -0.25) is 0 Å². The number of aryl methyl sites for hydroxylation is 1. The number of likely N-dealkylation sites (tertiary alicyclic amines) is 1. The van der Waals surface area contributed by atoms with E-state index in [2.05, 4.69) is 5.32 Å². The van der Waals surface area contributed by atoms with Gasteiger partial charge in [0.05, 0.1) is 4.90 Å². The lowest BCUT2D eigenvalue weighted by atomic mass is 10.1. The van der Waals surface area contributed by atoms with E-state index in [-0.39, 0.29) is 12.1 Å². The Morgan fingerprint density at radius 2 is 1.62 bits per heavy atom. The molecule has 1 N–H and O–H groups in total. The fourth-order valence-corrected chi connectivity index (χ4v) is 4.76. The van der Waals surface area contributed by atoms with Gasteiger partial charge in [0, 0.05) is 32.2 Å². The highest BCUT2D eigenvalue weighted by Crippen LogP contribution is 2.21. The van der Waals surface area contributed by atoms with Crippen molar-refractivity contribution in [2.24, 2.45) is 0 Å². The third-order valence-corrected chi connectivity index (χ3v) is 6.75. The van der Waals surface area contributed by atoms with Crippen molar-refractivity contribution in [3.05, 3.63) is 29.8 Å². The van der Waals surface area contributed by atoms with Crippen LogP contribution in [0.5, 0.6) is 0 Å². The monoisotopic (exact) mass is 351 g/mol. The third-order valence-electron chi connectivity index (χ3n) is 4.83. The van der Waals surface area contributed by atoms with Gasteiger partial charge < -0.3 is 10.2 Å². The van der Waals surface area contributed by atoms with E-state index < -0.39 is 10.0 Å². The van der Waals surface area contributed by atoms with Crippen molar-refractivity contribution in [3.8, 4) is 0 Å². The molecule has 24 heavy (non-hydrogen) atoms. The van der Waals surface area contributed by atoms with Crippen LogP contribution in [0.25, 0.3) is 0 Å². The molecule has 0 spiro atoms. The van der Waals surface area contributed by atoms with Gasteiger partial charge >= 0.3 is 6.03 Å². The molecule has 132 valence electrons. The van der Waals surface area contributed by atoms with Crippen LogP contribution in [-0.2, 0) is 10.0 Å². The first-order chi connectivity index (χ1) is 11.5. The number of rotatable bonds is 3. The molecule has 0 aliphatic carbocycles. The molecule has 0 unspecified atom stereocenters. The van der Waals surface area contributed by atoms with Crippen molar-refractivity contribution in [2.45, 2.75) is 43.5 Å². The van der Waals surface area contributed by atoms with Crippen LogP contribution in [0.3, 0.4) is 0 Å². The predicted octanol–water partition coefficient (Wildman–Crippen LogP) is 1.95. The molecule has 2 heterocycles. The zero-order valence-electron chi connectivity index (χ0n) is 14.1. The highest BCUT2D eigenvalue weighted by molar-refractivity contribution is 7.89. The summed E-state index contributed by atoms with van der Waals surface area (Å²) in [4.78, 5) is 14.3. The average molecular weight is 351 g/mol. The highest BCUT2D eigenvalue weighted by Gasteiger charge is 2.30. The molecular weight excluding hydrogens is 326 g/mol. The van der Waals surface area contributed by atoms with Crippen LogP contribution in [0.4, 0.5) is 4.79 Å². The zero-order valence-corrected chi connectivity index (χ0v) is 14.9. The molecule has 2 fully saturated rings. The molecule has 0 bridgehead atoms. The van der Waals surface area contributed by atoms with Gasteiger partial charge in [-0.15, -0.1) is 0 Å². The number of sulfonamides is 1. The average Bonchev–Trinajstić information content (AvgIpc) is 3.10. The molecule has 1 aromatic rings. The Kier molecular flexibility index (Phi) is 5.10. The van der Waals surface area contributed by atoms with Gasteiger partial charge in [-0.1, -0.05) is 17.7 Å². The fraction of sp³-hybridized carbons (Fsp3) is 0.588. The Bertz CT molecular complexity index is 674. The first kappa shape index (κ1) is 17.2. The quantitative estimate of drug-likeness (QED) is 0.905. The summed E-state index contributed by atoms with van der Waals surface area (Å²) in [5.74, 6) is 0. The number of urea groups is 1. The smallest absolute Gasteiger partial charge is 0.317 e. The lowest BCUT2D eigenvalue weighted by Gasteiger charge is -2.32. The molecule has 7 heteroatoms. The normalized spacial score (nSPS) is 20.3. The highest BCUT2D eigenvalue weighted by atomic mass is 32.2. The second-order valence-corrected chi connectivity index (χ2v) is 8.57. The van der Waals surface area contributed by atoms with Crippen molar-refractivity contribution in [1.29, 1.82) is 0 Å². The first-order valence-corrected chi connectivity index (χ1v) is 10.0. The Morgan fingerprint density at radius 1 is 1.04 bits per heavy atom. The lowest BCUT2D eigenvalue weighted by molar-refractivity contribution is 0.197. The van der Waals surface area contributed by atoms with Crippen LogP contribution in [0.1, 0.15) is 31.2 Å². The van der Waals surface area contributed by atoms with E-state index in [1.807, 2.05) is 24.0 Å². The largest absolute Gasteiger partial charge is 0.335 e. The molecule has 0 radical (unpaired) electrons. The van der Waals surface area contributed by atoms with Gasteiger partial charge in [0.1, 0.15) is 0 Å². The summed E-state index contributed by atoms with van der Waals surface area (Å²) in [6, 6.07) is 7.00.